The molecule has 33 heavy (non-hydrogen) atoms. The van der Waals surface area contributed by atoms with Gasteiger partial charge in [0.25, 0.3) is 5.91 Å². The van der Waals surface area contributed by atoms with Crippen molar-refractivity contribution in [2.45, 2.75) is 23.6 Å². The zero-order valence-electron chi connectivity index (χ0n) is 18.3. The Balaban J connectivity index is 1.21. The van der Waals surface area contributed by atoms with Crippen LogP contribution < -0.4 is 4.74 Å². The van der Waals surface area contributed by atoms with E-state index in [9.17, 15) is 13.2 Å². The third-order valence-corrected chi connectivity index (χ3v) is 7.89. The van der Waals surface area contributed by atoms with E-state index in [1.165, 1.54) is 17.4 Å². The van der Waals surface area contributed by atoms with Gasteiger partial charge in [0.2, 0.25) is 0 Å². The third kappa shape index (κ3) is 4.67. The topological polar surface area (TPSA) is 80.1 Å². The van der Waals surface area contributed by atoms with E-state index >= 15 is 0 Å². The lowest BCUT2D eigenvalue weighted by Crippen LogP contribution is -2.48. The highest BCUT2D eigenvalue weighted by molar-refractivity contribution is 7.90. The van der Waals surface area contributed by atoms with Crippen molar-refractivity contribution in [3.8, 4) is 5.75 Å². The molecule has 0 spiro atoms. The lowest BCUT2D eigenvalue weighted by atomic mass is 10.1. The maximum Gasteiger partial charge on any atom is 0.289 e. The number of furan rings is 1. The second-order valence-corrected chi connectivity index (χ2v) is 10.4. The second kappa shape index (κ2) is 9.03. The van der Waals surface area contributed by atoms with Crippen LogP contribution in [0.4, 0.5) is 0 Å². The van der Waals surface area contributed by atoms with Crippen LogP contribution in [0.1, 0.15) is 27.2 Å². The van der Waals surface area contributed by atoms with Crippen molar-refractivity contribution < 1.29 is 22.4 Å². The van der Waals surface area contributed by atoms with Crippen molar-refractivity contribution in [1.29, 1.82) is 0 Å². The summed E-state index contributed by atoms with van der Waals surface area (Å²) in [6.07, 6.45) is 2.34. The molecule has 7 nitrogen and oxygen atoms in total. The van der Waals surface area contributed by atoms with Crippen molar-refractivity contribution in [1.82, 2.24) is 9.80 Å². The highest BCUT2D eigenvalue weighted by Gasteiger charge is 2.28. The number of fused-ring (bicyclic) bond motifs is 1. The molecule has 3 heterocycles. The molecule has 0 unspecified atom stereocenters. The van der Waals surface area contributed by atoms with Crippen LogP contribution in [0.5, 0.6) is 5.75 Å². The molecule has 1 amide bonds. The first-order valence-corrected chi connectivity index (χ1v) is 12.8. The van der Waals surface area contributed by atoms with Crippen molar-refractivity contribution >= 4 is 15.7 Å². The molecule has 5 rings (SSSR count). The first kappa shape index (κ1) is 21.7. The van der Waals surface area contributed by atoms with E-state index in [0.29, 0.717) is 18.7 Å². The van der Waals surface area contributed by atoms with Crippen LogP contribution in [0.25, 0.3) is 0 Å². The van der Waals surface area contributed by atoms with Gasteiger partial charge >= 0.3 is 0 Å². The highest BCUT2D eigenvalue weighted by Crippen LogP contribution is 2.27. The van der Waals surface area contributed by atoms with Gasteiger partial charge in [0.1, 0.15) is 5.75 Å². The average Bonchev–Trinajstić information content (AvgIpc) is 3.48. The van der Waals surface area contributed by atoms with E-state index in [2.05, 4.69) is 17.0 Å². The van der Waals surface area contributed by atoms with Gasteiger partial charge in [-0.15, -0.1) is 0 Å². The molecular formula is C25H26N2O5S. The molecule has 0 atom stereocenters. The van der Waals surface area contributed by atoms with Crippen LogP contribution in [0.15, 0.2) is 70.2 Å². The average molecular weight is 467 g/mol. The van der Waals surface area contributed by atoms with E-state index in [4.69, 9.17) is 9.15 Å². The van der Waals surface area contributed by atoms with Crippen LogP contribution >= 0.6 is 0 Å². The Kier molecular flexibility index (Phi) is 5.95. The Hall–Kier alpha value is -3.10. The van der Waals surface area contributed by atoms with Gasteiger partial charge in [-0.05, 0) is 35.4 Å². The fraction of sp³-hybridized carbons (Fsp3) is 0.320. The number of carbonyl (C=O) groups excluding carboxylic acids is 1. The first-order chi connectivity index (χ1) is 16.0. The molecule has 1 aromatic heterocycles. The zero-order valence-corrected chi connectivity index (χ0v) is 19.1. The summed E-state index contributed by atoms with van der Waals surface area (Å²) in [6.45, 7) is 4.21. The summed E-state index contributed by atoms with van der Waals surface area (Å²) in [6, 6.07) is 16.2. The number of ether oxygens (including phenoxy) is 1. The van der Waals surface area contributed by atoms with Crippen LogP contribution in [0, 0.1) is 0 Å². The summed E-state index contributed by atoms with van der Waals surface area (Å²) in [5.41, 5.74) is 2.90. The fourth-order valence-electron chi connectivity index (χ4n) is 4.40. The summed E-state index contributed by atoms with van der Waals surface area (Å²) in [7, 11) is -3.57. The number of benzene rings is 2. The first-order valence-electron chi connectivity index (χ1n) is 11.1. The largest absolute Gasteiger partial charge is 0.493 e. The minimum Gasteiger partial charge on any atom is -0.493 e. The molecule has 0 bridgehead atoms. The van der Waals surface area contributed by atoms with Crippen molar-refractivity contribution in [3.63, 3.8) is 0 Å². The normalized spacial score (nSPS) is 16.4. The van der Waals surface area contributed by atoms with Gasteiger partial charge in [0.05, 0.1) is 23.5 Å². The van der Waals surface area contributed by atoms with Gasteiger partial charge in [-0.3, -0.25) is 9.69 Å². The Morgan fingerprint density at radius 3 is 2.55 bits per heavy atom. The number of sulfone groups is 1. The molecule has 2 aliphatic rings. The molecule has 0 aliphatic carbocycles. The molecule has 0 N–H and O–H groups in total. The molecule has 2 aliphatic heterocycles. The predicted molar refractivity (Wildman–Crippen MR) is 123 cm³/mol. The number of rotatable bonds is 6. The van der Waals surface area contributed by atoms with E-state index in [0.717, 1.165) is 38.4 Å². The van der Waals surface area contributed by atoms with E-state index in [1.54, 1.807) is 41.3 Å². The quantitative estimate of drug-likeness (QED) is 0.555. The second-order valence-electron chi connectivity index (χ2n) is 8.46. The molecule has 0 saturated carbocycles. The van der Waals surface area contributed by atoms with Crippen LogP contribution in [0.2, 0.25) is 0 Å². The van der Waals surface area contributed by atoms with E-state index < -0.39 is 9.84 Å². The number of hydrogen-bond donors (Lipinski definition) is 0. The highest BCUT2D eigenvalue weighted by atomic mass is 32.2. The molecule has 3 aromatic rings. The maximum atomic E-state index is 13.1. The Bertz CT molecular complexity index is 1240. The lowest BCUT2D eigenvalue weighted by Gasteiger charge is -2.34. The zero-order chi connectivity index (χ0) is 22.8. The smallest absolute Gasteiger partial charge is 0.289 e. The summed E-state index contributed by atoms with van der Waals surface area (Å²) in [5.74, 6) is 0.572. The predicted octanol–water partition coefficient (Wildman–Crippen LogP) is 3.15. The summed E-state index contributed by atoms with van der Waals surface area (Å²) >= 11 is 0. The molecule has 2 aromatic carbocycles. The van der Waals surface area contributed by atoms with E-state index in [1.807, 2.05) is 6.07 Å². The summed E-state index contributed by atoms with van der Waals surface area (Å²) in [5, 5.41) is 0. The number of piperazine rings is 1. The Morgan fingerprint density at radius 1 is 0.970 bits per heavy atom. The third-order valence-electron chi connectivity index (χ3n) is 6.21. The Labute approximate surface area is 193 Å². The standard InChI is InChI=1S/C25H26N2O5S/c28-25(24-21(9-15-32-24)18-33(29,30)22-4-2-1-3-5-22)27-12-10-26(11-13-27)17-19-6-7-23-20(16-19)8-14-31-23/h1-7,9,15-16H,8,10-14,17-18H2. The molecule has 172 valence electrons. The molecule has 0 radical (unpaired) electrons. The van der Waals surface area contributed by atoms with Crippen LogP contribution in [-0.4, -0.2) is 56.9 Å². The van der Waals surface area contributed by atoms with Crippen molar-refractivity contribution in [2.75, 3.05) is 32.8 Å². The van der Waals surface area contributed by atoms with Gasteiger partial charge in [-0.25, -0.2) is 8.42 Å². The minimum atomic E-state index is -3.57. The summed E-state index contributed by atoms with van der Waals surface area (Å²) < 4.78 is 36.5. The number of nitrogens with zero attached hydrogens (tertiary/aromatic N) is 2. The number of amides is 1. The lowest BCUT2D eigenvalue weighted by molar-refractivity contribution is 0.0596. The van der Waals surface area contributed by atoms with Gasteiger partial charge in [-0.2, -0.15) is 0 Å². The monoisotopic (exact) mass is 466 g/mol. The van der Waals surface area contributed by atoms with Gasteiger partial charge in [0.15, 0.2) is 15.6 Å². The van der Waals surface area contributed by atoms with Crippen LogP contribution in [-0.2, 0) is 28.6 Å². The van der Waals surface area contributed by atoms with Crippen LogP contribution in [0.3, 0.4) is 0 Å². The molecule has 1 fully saturated rings. The van der Waals surface area contributed by atoms with Gasteiger partial charge in [0, 0.05) is 44.7 Å². The number of carbonyl (C=O) groups is 1. The van der Waals surface area contributed by atoms with Crippen molar-refractivity contribution in [3.05, 3.63) is 83.3 Å². The van der Waals surface area contributed by atoms with Gasteiger partial charge in [-0.1, -0.05) is 30.3 Å². The molecule has 8 heteroatoms. The SMILES string of the molecule is O=C(c1occc1CS(=O)(=O)c1ccccc1)N1CCN(Cc2ccc3c(c2)CCO3)CC1. The van der Waals surface area contributed by atoms with E-state index in [-0.39, 0.29) is 22.3 Å². The van der Waals surface area contributed by atoms with Crippen molar-refractivity contribution in [2.24, 2.45) is 0 Å². The maximum absolute atomic E-state index is 13.1. The summed E-state index contributed by atoms with van der Waals surface area (Å²) in [4.78, 5) is 17.4. The molecule has 1 saturated heterocycles. The van der Waals surface area contributed by atoms with Gasteiger partial charge < -0.3 is 14.1 Å². The Morgan fingerprint density at radius 2 is 1.76 bits per heavy atom. The molecular weight excluding hydrogens is 440 g/mol. The fourth-order valence-corrected chi connectivity index (χ4v) is 5.78. The number of hydrogen-bond acceptors (Lipinski definition) is 6. The minimum absolute atomic E-state index is 0.113.